The van der Waals surface area contributed by atoms with E-state index in [0.29, 0.717) is 35.2 Å². The lowest BCUT2D eigenvalue weighted by Crippen LogP contribution is -2.25. The summed E-state index contributed by atoms with van der Waals surface area (Å²) >= 11 is 0. The van der Waals surface area contributed by atoms with E-state index in [4.69, 9.17) is 15.6 Å². The molecule has 34 heavy (non-hydrogen) atoms. The number of rotatable bonds is 5. The van der Waals surface area contributed by atoms with Crippen molar-refractivity contribution in [3.63, 3.8) is 0 Å². The molecule has 0 bridgehead atoms. The zero-order valence-electron chi connectivity index (χ0n) is 19.3. The summed E-state index contributed by atoms with van der Waals surface area (Å²) < 4.78 is 5.11. The Kier molecular flexibility index (Phi) is 7.14. The van der Waals surface area contributed by atoms with Crippen molar-refractivity contribution >= 4 is 35.3 Å². The number of amidine groups is 1. The number of carboxylic acids is 1. The van der Waals surface area contributed by atoms with Crippen molar-refractivity contribution in [3.8, 4) is 0 Å². The Labute approximate surface area is 197 Å². The summed E-state index contributed by atoms with van der Waals surface area (Å²) in [5, 5.41) is 11.8. The Morgan fingerprint density at radius 1 is 1.12 bits per heavy atom. The molecule has 2 aromatic carbocycles. The number of carbonyl (C=O) groups excluding carboxylic acids is 3. The fourth-order valence-corrected chi connectivity index (χ4v) is 3.65. The van der Waals surface area contributed by atoms with Gasteiger partial charge in [0, 0.05) is 28.3 Å². The summed E-state index contributed by atoms with van der Waals surface area (Å²) in [6.07, 6.45) is 0.0449. The van der Waals surface area contributed by atoms with Crippen molar-refractivity contribution in [3.05, 3.63) is 64.7 Å². The first-order valence-electron chi connectivity index (χ1n) is 10.8. The number of aliphatic imine (C=N–C) groups is 1. The number of Topliss-reactive ketones (excluding diaryl/α,β-unsaturated/α-hetero) is 1. The normalized spacial score (nSPS) is 15.9. The average Bonchev–Trinajstić information content (AvgIpc) is 2.74. The number of aliphatic carboxylic acids is 1. The van der Waals surface area contributed by atoms with Crippen LogP contribution in [0.4, 0.5) is 10.5 Å². The Hall–Kier alpha value is -4.01. The van der Waals surface area contributed by atoms with Gasteiger partial charge in [-0.25, -0.2) is 4.79 Å². The second kappa shape index (κ2) is 9.86. The number of aryl methyl sites for hydroxylation is 1. The van der Waals surface area contributed by atoms with Crippen LogP contribution < -0.4 is 11.1 Å². The molecule has 9 heteroatoms. The Balaban J connectivity index is 1.67. The fourth-order valence-electron chi connectivity index (χ4n) is 3.65. The number of nitrogens with one attached hydrogen (secondary N) is 1. The lowest BCUT2D eigenvalue weighted by molar-refractivity contribution is -0.137. The predicted molar refractivity (Wildman–Crippen MR) is 126 cm³/mol. The van der Waals surface area contributed by atoms with Crippen LogP contribution in [0.1, 0.15) is 65.5 Å². The smallest absolute Gasteiger partial charge is 0.436 e. The summed E-state index contributed by atoms with van der Waals surface area (Å²) in [4.78, 5) is 51.7. The standard InChI is InChI=1S/C25H27N3O6/c1-25(2,3)34-24(33)28-22(26)14-4-6-15(7-5-14)23(32)27-18-10-11-19-16(12-18)8-9-17(21(19)31)13-20(29)30/h4-7,10-12,17H,8-9,13H2,1-3H3,(H,27,32)(H,29,30)(H2,26,28,33). The number of anilines is 1. The van der Waals surface area contributed by atoms with Gasteiger partial charge in [-0.05, 0) is 69.5 Å². The highest BCUT2D eigenvalue weighted by molar-refractivity contribution is 6.07. The molecule has 2 aromatic rings. The van der Waals surface area contributed by atoms with Crippen LogP contribution in [0.5, 0.6) is 0 Å². The number of hydrogen-bond donors (Lipinski definition) is 3. The van der Waals surface area contributed by atoms with Gasteiger partial charge in [-0.3, -0.25) is 14.4 Å². The maximum Gasteiger partial charge on any atom is 0.436 e. The number of ketones is 1. The number of amides is 2. The fraction of sp³-hybridized carbons (Fsp3) is 0.320. The van der Waals surface area contributed by atoms with Crippen molar-refractivity contribution in [1.82, 2.24) is 0 Å². The van der Waals surface area contributed by atoms with E-state index in [2.05, 4.69) is 10.3 Å². The van der Waals surface area contributed by atoms with Crippen LogP contribution >= 0.6 is 0 Å². The van der Waals surface area contributed by atoms with Crippen molar-refractivity contribution in [1.29, 1.82) is 0 Å². The minimum Gasteiger partial charge on any atom is -0.481 e. The quantitative estimate of drug-likeness (QED) is 0.449. The molecule has 0 heterocycles. The van der Waals surface area contributed by atoms with Crippen LogP contribution in [0.15, 0.2) is 47.5 Å². The van der Waals surface area contributed by atoms with E-state index >= 15 is 0 Å². The van der Waals surface area contributed by atoms with Crippen LogP contribution in [-0.4, -0.2) is 40.3 Å². The van der Waals surface area contributed by atoms with Crippen LogP contribution in [-0.2, 0) is 16.0 Å². The molecule has 1 unspecified atom stereocenters. The number of carboxylic acid groups (broad SMARTS) is 1. The van der Waals surface area contributed by atoms with E-state index in [-0.39, 0.29) is 23.9 Å². The third kappa shape index (κ3) is 6.28. The summed E-state index contributed by atoms with van der Waals surface area (Å²) in [6.45, 7) is 5.17. The Morgan fingerprint density at radius 2 is 1.76 bits per heavy atom. The lowest BCUT2D eigenvalue weighted by Gasteiger charge is -2.22. The van der Waals surface area contributed by atoms with E-state index < -0.39 is 23.6 Å². The van der Waals surface area contributed by atoms with Gasteiger partial charge in [0.1, 0.15) is 11.4 Å². The zero-order chi connectivity index (χ0) is 25.0. The number of benzene rings is 2. The average molecular weight is 466 g/mol. The molecule has 1 aliphatic carbocycles. The van der Waals surface area contributed by atoms with E-state index in [0.717, 1.165) is 5.56 Å². The van der Waals surface area contributed by atoms with Gasteiger partial charge in [-0.1, -0.05) is 12.1 Å². The maximum atomic E-state index is 12.7. The SMILES string of the molecule is CC(C)(C)OC(=O)/N=C(\N)c1ccc(C(=O)Nc2ccc3c(c2)CCC(CC(=O)O)C3=O)cc1. The molecule has 0 aliphatic heterocycles. The largest absolute Gasteiger partial charge is 0.481 e. The van der Waals surface area contributed by atoms with Crippen molar-refractivity contribution in [2.45, 2.75) is 45.6 Å². The van der Waals surface area contributed by atoms with Gasteiger partial charge < -0.3 is 20.9 Å². The van der Waals surface area contributed by atoms with E-state index in [1.807, 2.05) is 0 Å². The first kappa shape index (κ1) is 24.6. The molecule has 9 nitrogen and oxygen atoms in total. The molecule has 1 aliphatic rings. The minimum atomic E-state index is -0.991. The molecule has 0 fully saturated rings. The molecule has 3 rings (SSSR count). The summed E-state index contributed by atoms with van der Waals surface area (Å²) in [7, 11) is 0. The molecule has 2 amide bonds. The first-order valence-corrected chi connectivity index (χ1v) is 10.8. The van der Waals surface area contributed by atoms with Gasteiger partial charge in [0.2, 0.25) is 0 Å². The molecule has 0 saturated carbocycles. The summed E-state index contributed by atoms with van der Waals surface area (Å²) in [5.74, 6) is -2.07. The van der Waals surface area contributed by atoms with Crippen molar-refractivity contribution < 1.29 is 29.0 Å². The second-order valence-corrected chi connectivity index (χ2v) is 9.08. The monoisotopic (exact) mass is 465 g/mol. The minimum absolute atomic E-state index is 0.0261. The molecule has 0 radical (unpaired) electrons. The Morgan fingerprint density at radius 3 is 2.38 bits per heavy atom. The van der Waals surface area contributed by atoms with E-state index in [1.54, 1.807) is 63.2 Å². The number of carbonyl (C=O) groups is 4. The number of fused-ring (bicyclic) bond motifs is 1. The van der Waals surface area contributed by atoms with Gasteiger partial charge in [0.05, 0.1) is 6.42 Å². The van der Waals surface area contributed by atoms with E-state index in [1.165, 1.54) is 0 Å². The Bertz CT molecular complexity index is 1160. The van der Waals surface area contributed by atoms with Gasteiger partial charge in [-0.15, -0.1) is 0 Å². The number of nitrogens with zero attached hydrogens (tertiary/aromatic N) is 1. The van der Waals surface area contributed by atoms with Crippen LogP contribution in [0.2, 0.25) is 0 Å². The molecule has 0 saturated heterocycles. The van der Waals surface area contributed by atoms with Crippen LogP contribution in [0.3, 0.4) is 0 Å². The van der Waals surface area contributed by atoms with Crippen LogP contribution in [0, 0.1) is 5.92 Å². The third-order valence-corrected chi connectivity index (χ3v) is 5.23. The maximum absolute atomic E-state index is 12.7. The van der Waals surface area contributed by atoms with Crippen LogP contribution in [0.25, 0.3) is 0 Å². The molecular formula is C25H27N3O6. The highest BCUT2D eigenvalue weighted by Crippen LogP contribution is 2.29. The molecular weight excluding hydrogens is 438 g/mol. The number of ether oxygens (including phenoxy) is 1. The zero-order valence-corrected chi connectivity index (χ0v) is 19.3. The topological polar surface area (TPSA) is 148 Å². The lowest BCUT2D eigenvalue weighted by atomic mass is 9.81. The van der Waals surface area contributed by atoms with Gasteiger partial charge in [0.25, 0.3) is 5.91 Å². The highest BCUT2D eigenvalue weighted by Gasteiger charge is 2.29. The second-order valence-electron chi connectivity index (χ2n) is 9.08. The van der Waals surface area contributed by atoms with Crippen molar-refractivity contribution in [2.75, 3.05) is 5.32 Å². The first-order chi connectivity index (χ1) is 15.9. The number of nitrogens with two attached hydrogens (primary N) is 1. The predicted octanol–water partition coefficient (Wildman–Crippen LogP) is 3.80. The van der Waals surface area contributed by atoms with Gasteiger partial charge in [-0.2, -0.15) is 4.99 Å². The highest BCUT2D eigenvalue weighted by atomic mass is 16.6. The summed E-state index contributed by atoms with van der Waals surface area (Å²) in [5.41, 5.74) is 7.82. The molecule has 4 N–H and O–H groups in total. The molecule has 1 atom stereocenters. The molecule has 0 aromatic heterocycles. The van der Waals surface area contributed by atoms with Gasteiger partial charge >= 0.3 is 12.1 Å². The van der Waals surface area contributed by atoms with E-state index in [9.17, 15) is 19.2 Å². The van der Waals surface area contributed by atoms with Crippen molar-refractivity contribution in [2.24, 2.45) is 16.6 Å². The molecule has 0 spiro atoms. The third-order valence-electron chi connectivity index (χ3n) is 5.23. The molecule has 178 valence electrons. The summed E-state index contributed by atoms with van der Waals surface area (Å²) in [6, 6.07) is 11.2. The number of hydrogen-bond acceptors (Lipinski definition) is 5. The van der Waals surface area contributed by atoms with Gasteiger partial charge in [0.15, 0.2) is 5.78 Å².